The van der Waals surface area contributed by atoms with Gasteiger partial charge in [0.05, 0.1) is 6.04 Å². The van der Waals surface area contributed by atoms with Crippen LogP contribution in [0.1, 0.15) is 100 Å². The average Bonchev–Trinajstić information content (AvgIpc) is 2.92. The fourth-order valence-corrected chi connectivity index (χ4v) is 4.18. The van der Waals surface area contributed by atoms with Gasteiger partial charge < -0.3 is 29.6 Å². The Morgan fingerprint density at radius 2 is 1.58 bits per heavy atom. The van der Waals surface area contributed by atoms with Crippen molar-refractivity contribution in [1.29, 1.82) is 0 Å². The number of hydrogen-bond donors (Lipinski definition) is 3. The van der Waals surface area contributed by atoms with Crippen LogP contribution in [0.5, 0.6) is 0 Å². The number of carbonyl (C=O) groups excluding carboxylic acids is 4. The highest BCUT2D eigenvalue weighted by atomic mass is 16.6. The van der Waals surface area contributed by atoms with Gasteiger partial charge in [0.1, 0.15) is 42.2 Å². The van der Waals surface area contributed by atoms with E-state index in [1.165, 1.54) is 27.0 Å². The summed E-state index contributed by atoms with van der Waals surface area (Å²) in [5.74, 6) is -2.24. The number of aromatic amines is 1. The molecule has 0 aliphatic heterocycles. The molecule has 1 heterocycles. The number of aryl methyl sites for hydroxylation is 1. The molecule has 0 spiro atoms. The summed E-state index contributed by atoms with van der Waals surface area (Å²) in [6.07, 6.45) is -1.75. The number of esters is 2. The standard InChI is InChI=1S/C31H51N7O10/c1-17(2)14-22(34-29(44)48-31(9,10)11)26(41)33-21(27(42)47-30(6,7)8)12-13-24(39)45-16-23(19(4)36-37-32)46-20(5)38-15-18(3)25(40)35-28(38)43/h15,17,19-23H,12-14,16H2,1-11H3,(H,33,41)(H,34,44)(H,35,40,43)/t19-,20?,21?,22?,23?/m1/s1. The van der Waals surface area contributed by atoms with E-state index >= 15 is 0 Å². The first-order valence-corrected chi connectivity index (χ1v) is 15.7. The summed E-state index contributed by atoms with van der Waals surface area (Å²) in [5, 5.41) is 8.76. The van der Waals surface area contributed by atoms with Gasteiger partial charge in [0.25, 0.3) is 5.56 Å². The van der Waals surface area contributed by atoms with Crippen LogP contribution in [-0.4, -0.2) is 75.5 Å². The van der Waals surface area contributed by atoms with E-state index in [2.05, 4.69) is 25.6 Å². The summed E-state index contributed by atoms with van der Waals surface area (Å²) in [6, 6.07) is -3.16. The molecule has 17 heteroatoms. The van der Waals surface area contributed by atoms with Crippen LogP contribution in [0.4, 0.5) is 4.79 Å². The third-order valence-electron chi connectivity index (χ3n) is 6.45. The molecule has 48 heavy (non-hydrogen) atoms. The molecule has 270 valence electrons. The number of alkyl carbamates (subject to hydrolysis) is 1. The predicted octanol–water partition coefficient (Wildman–Crippen LogP) is 3.54. The third-order valence-corrected chi connectivity index (χ3v) is 6.45. The Morgan fingerprint density at radius 3 is 2.12 bits per heavy atom. The summed E-state index contributed by atoms with van der Waals surface area (Å²) < 4.78 is 23.2. The van der Waals surface area contributed by atoms with Gasteiger partial charge in [-0.2, -0.15) is 0 Å². The number of aromatic nitrogens is 2. The molecule has 0 aliphatic rings. The van der Waals surface area contributed by atoms with Gasteiger partial charge in [-0.05, 0) is 79.7 Å². The van der Waals surface area contributed by atoms with Crippen molar-refractivity contribution in [3.63, 3.8) is 0 Å². The fourth-order valence-electron chi connectivity index (χ4n) is 4.18. The summed E-state index contributed by atoms with van der Waals surface area (Å²) in [7, 11) is 0. The number of nitrogens with zero attached hydrogens (tertiary/aromatic N) is 4. The maximum absolute atomic E-state index is 13.3. The van der Waals surface area contributed by atoms with Gasteiger partial charge in [-0.1, -0.05) is 25.9 Å². The number of amides is 2. The van der Waals surface area contributed by atoms with Crippen LogP contribution in [-0.2, 0) is 33.3 Å². The predicted molar refractivity (Wildman–Crippen MR) is 175 cm³/mol. The first kappa shape index (κ1) is 41.7. The fraction of sp³-hybridized carbons (Fsp3) is 0.742. The van der Waals surface area contributed by atoms with Crippen molar-refractivity contribution in [3.8, 4) is 0 Å². The molecule has 1 rings (SSSR count). The molecule has 0 fully saturated rings. The van der Waals surface area contributed by atoms with Crippen LogP contribution in [0.15, 0.2) is 20.9 Å². The topological polar surface area (TPSA) is 233 Å². The van der Waals surface area contributed by atoms with Crippen molar-refractivity contribution in [2.75, 3.05) is 6.61 Å². The lowest BCUT2D eigenvalue weighted by Gasteiger charge is -2.28. The van der Waals surface area contributed by atoms with Crippen molar-refractivity contribution < 1.29 is 38.1 Å². The number of carbonyl (C=O) groups is 4. The van der Waals surface area contributed by atoms with E-state index in [1.54, 1.807) is 41.5 Å². The second-order valence-electron chi connectivity index (χ2n) is 13.8. The molecule has 0 radical (unpaired) electrons. The Morgan fingerprint density at radius 1 is 0.979 bits per heavy atom. The quantitative estimate of drug-likeness (QED) is 0.0755. The first-order chi connectivity index (χ1) is 22.0. The van der Waals surface area contributed by atoms with Gasteiger partial charge in [-0.15, -0.1) is 0 Å². The van der Waals surface area contributed by atoms with E-state index in [-0.39, 0.29) is 37.4 Å². The number of hydrogen-bond acceptors (Lipinski definition) is 11. The summed E-state index contributed by atoms with van der Waals surface area (Å²) in [4.78, 5) is 80.8. The molecule has 1 aromatic rings. The first-order valence-electron chi connectivity index (χ1n) is 15.7. The molecule has 1 aromatic heterocycles. The SMILES string of the molecule is Cc1cn(C(C)OC(COC(=O)CCC(NC(=O)C(CC(C)C)NC(=O)OC(C)(C)C)C(=O)OC(C)(C)C)[C@@H](C)N=[N+]=[N-])c(=O)[nH]c1=O. The van der Waals surface area contributed by atoms with E-state index in [0.717, 1.165) is 4.57 Å². The molecular weight excluding hydrogens is 630 g/mol. The maximum Gasteiger partial charge on any atom is 0.408 e. The largest absolute Gasteiger partial charge is 0.463 e. The minimum Gasteiger partial charge on any atom is -0.463 e. The Balaban J connectivity index is 3.08. The van der Waals surface area contributed by atoms with Crippen molar-refractivity contribution >= 4 is 23.9 Å². The molecule has 5 atom stereocenters. The second kappa shape index (κ2) is 18.2. The molecule has 0 saturated carbocycles. The smallest absolute Gasteiger partial charge is 0.408 e. The molecule has 0 bridgehead atoms. The van der Waals surface area contributed by atoms with Crippen molar-refractivity contribution in [3.05, 3.63) is 43.0 Å². The lowest BCUT2D eigenvalue weighted by molar-refractivity contribution is -0.159. The van der Waals surface area contributed by atoms with E-state index in [0.29, 0.717) is 0 Å². The average molecular weight is 682 g/mol. The second-order valence-corrected chi connectivity index (χ2v) is 13.8. The monoisotopic (exact) mass is 681 g/mol. The van der Waals surface area contributed by atoms with E-state index in [1.807, 2.05) is 13.8 Å². The molecule has 0 aliphatic carbocycles. The summed E-state index contributed by atoms with van der Waals surface area (Å²) >= 11 is 0. The maximum atomic E-state index is 13.3. The van der Waals surface area contributed by atoms with Crippen LogP contribution in [0.3, 0.4) is 0 Å². The van der Waals surface area contributed by atoms with E-state index in [9.17, 15) is 28.8 Å². The van der Waals surface area contributed by atoms with Crippen molar-refractivity contribution in [1.82, 2.24) is 20.2 Å². The molecule has 3 N–H and O–H groups in total. The van der Waals surface area contributed by atoms with Crippen LogP contribution in [0.25, 0.3) is 10.4 Å². The van der Waals surface area contributed by atoms with E-state index in [4.69, 9.17) is 24.5 Å². The number of H-pyrrole nitrogens is 1. The number of rotatable bonds is 16. The number of azide groups is 1. The minimum atomic E-state index is -1.27. The third kappa shape index (κ3) is 15.5. The highest BCUT2D eigenvalue weighted by Crippen LogP contribution is 2.16. The zero-order valence-corrected chi connectivity index (χ0v) is 29.7. The van der Waals surface area contributed by atoms with Crippen LogP contribution in [0.2, 0.25) is 0 Å². The molecule has 17 nitrogen and oxygen atoms in total. The van der Waals surface area contributed by atoms with Crippen LogP contribution in [0, 0.1) is 12.8 Å². The van der Waals surface area contributed by atoms with Gasteiger partial charge in [-0.25, -0.2) is 14.4 Å². The zero-order chi connectivity index (χ0) is 37.0. The Hall–Kier alpha value is -4.37. The zero-order valence-electron chi connectivity index (χ0n) is 29.7. The highest BCUT2D eigenvalue weighted by Gasteiger charge is 2.32. The number of nitrogens with one attached hydrogen (secondary N) is 3. The molecular formula is C31H51N7O10. The van der Waals surface area contributed by atoms with Gasteiger partial charge in [0.2, 0.25) is 5.91 Å². The highest BCUT2D eigenvalue weighted by molar-refractivity contribution is 5.90. The molecule has 0 saturated heterocycles. The number of ether oxygens (including phenoxy) is 4. The molecule has 0 aromatic carbocycles. The Kier molecular flexibility index (Phi) is 15.8. The van der Waals surface area contributed by atoms with Crippen LogP contribution < -0.4 is 21.9 Å². The summed E-state index contributed by atoms with van der Waals surface area (Å²) in [5.41, 5.74) is 6.23. The van der Waals surface area contributed by atoms with Gasteiger partial charge in [0.15, 0.2) is 0 Å². The lowest BCUT2D eigenvalue weighted by atomic mass is 10.0. The van der Waals surface area contributed by atoms with Crippen molar-refractivity contribution in [2.45, 2.75) is 137 Å². The normalized spacial score (nSPS) is 14.8. The Labute approximate surface area is 280 Å². The van der Waals surface area contributed by atoms with E-state index < -0.39 is 76.8 Å². The van der Waals surface area contributed by atoms with Crippen molar-refractivity contribution in [2.24, 2.45) is 11.0 Å². The minimum absolute atomic E-state index is 0.0110. The van der Waals surface area contributed by atoms with Crippen LogP contribution >= 0.6 is 0 Å². The summed E-state index contributed by atoms with van der Waals surface area (Å²) in [6.45, 7) is 17.9. The van der Waals surface area contributed by atoms with Gasteiger partial charge in [0, 0.05) is 23.1 Å². The Bertz CT molecular complexity index is 1430. The van der Waals surface area contributed by atoms with Gasteiger partial charge in [-0.3, -0.25) is 23.9 Å². The molecule has 4 unspecified atom stereocenters. The van der Waals surface area contributed by atoms with Gasteiger partial charge >= 0.3 is 23.7 Å². The lowest BCUT2D eigenvalue weighted by Crippen LogP contribution is -2.53. The molecule has 2 amide bonds.